The van der Waals surface area contributed by atoms with Gasteiger partial charge in [0.25, 0.3) is 0 Å². The van der Waals surface area contributed by atoms with E-state index in [1.807, 2.05) is 13.1 Å². The first-order chi connectivity index (χ1) is 9.47. The van der Waals surface area contributed by atoms with E-state index in [0.29, 0.717) is 6.54 Å². The first-order valence-corrected chi connectivity index (χ1v) is 6.69. The van der Waals surface area contributed by atoms with Crippen molar-refractivity contribution in [3.63, 3.8) is 0 Å². The Labute approximate surface area is 117 Å². The normalized spacial score (nSPS) is 14.3. The first-order valence-electron chi connectivity index (χ1n) is 6.69. The number of carbonyl (C=O) groups is 1. The maximum absolute atomic E-state index is 13.3. The molecule has 0 amide bonds. The predicted molar refractivity (Wildman–Crippen MR) is 76.2 cm³/mol. The number of benzene rings is 1. The molecule has 0 aliphatic rings. The van der Waals surface area contributed by atoms with Crippen LogP contribution in [0, 0.1) is 11.7 Å². The quantitative estimate of drug-likeness (QED) is 0.761. The number of aromatic amines is 1. The molecule has 2 aromatic rings. The first kappa shape index (κ1) is 14.5. The van der Waals surface area contributed by atoms with Gasteiger partial charge in [-0.1, -0.05) is 6.92 Å². The Morgan fingerprint density at radius 3 is 2.90 bits per heavy atom. The summed E-state index contributed by atoms with van der Waals surface area (Å²) in [5.41, 5.74) is 1.94. The highest BCUT2D eigenvalue weighted by atomic mass is 19.1. The summed E-state index contributed by atoms with van der Waals surface area (Å²) in [5.74, 6) is -1.48. The van der Waals surface area contributed by atoms with Crippen molar-refractivity contribution < 1.29 is 14.3 Å². The summed E-state index contributed by atoms with van der Waals surface area (Å²) in [4.78, 5) is 13.9. The summed E-state index contributed by atoms with van der Waals surface area (Å²) >= 11 is 0. The minimum Gasteiger partial charge on any atom is -0.481 e. The van der Waals surface area contributed by atoms with E-state index in [2.05, 4.69) is 10.3 Å². The van der Waals surface area contributed by atoms with E-state index in [1.165, 1.54) is 12.1 Å². The van der Waals surface area contributed by atoms with Gasteiger partial charge in [-0.25, -0.2) is 4.39 Å². The maximum Gasteiger partial charge on any atom is 0.307 e. The van der Waals surface area contributed by atoms with Crippen molar-refractivity contribution in [3.05, 3.63) is 35.8 Å². The third kappa shape index (κ3) is 3.36. The van der Waals surface area contributed by atoms with E-state index >= 15 is 0 Å². The lowest BCUT2D eigenvalue weighted by molar-refractivity contribution is -0.140. The van der Waals surface area contributed by atoms with Crippen molar-refractivity contribution >= 4 is 16.9 Å². The molecule has 0 fully saturated rings. The molecule has 1 aromatic carbocycles. The van der Waals surface area contributed by atoms with E-state index in [0.717, 1.165) is 22.9 Å². The van der Waals surface area contributed by atoms with Crippen LogP contribution in [0.15, 0.2) is 24.4 Å². The van der Waals surface area contributed by atoms with Gasteiger partial charge in [-0.3, -0.25) is 4.79 Å². The van der Waals surface area contributed by atoms with Crippen molar-refractivity contribution in [2.24, 2.45) is 5.92 Å². The molecule has 0 saturated carbocycles. The average molecular weight is 278 g/mol. The molecule has 0 saturated heterocycles. The molecule has 1 aromatic heterocycles. The van der Waals surface area contributed by atoms with E-state index in [1.54, 1.807) is 13.0 Å². The second-order valence-electron chi connectivity index (χ2n) is 5.26. The fraction of sp³-hybridized carbons (Fsp3) is 0.400. The highest BCUT2D eigenvalue weighted by Gasteiger charge is 2.13. The minimum absolute atomic E-state index is 0.124. The third-order valence-corrected chi connectivity index (χ3v) is 3.45. The van der Waals surface area contributed by atoms with Crippen LogP contribution in [0.25, 0.3) is 10.9 Å². The molecule has 0 spiro atoms. The Bertz CT molecular complexity index is 609. The predicted octanol–water partition coefficient (Wildman–Crippen LogP) is 2.55. The Hall–Kier alpha value is -1.88. The summed E-state index contributed by atoms with van der Waals surface area (Å²) in [7, 11) is 0. The SMILES string of the molecule is CC(Cc1c[nH]c2ccc(F)cc12)NCC(C)C(=O)O. The molecule has 5 heteroatoms. The van der Waals surface area contributed by atoms with Gasteiger partial charge in [0.15, 0.2) is 0 Å². The van der Waals surface area contributed by atoms with Crippen LogP contribution in [0.4, 0.5) is 4.39 Å². The lowest BCUT2D eigenvalue weighted by Crippen LogP contribution is -2.34. The largest absolute Gasteiger partial charge is 0.481 e. The van der Waals surface area contributed by atoms with Gasteiger partial charge in [0.05, 0.1) is 5.92 Å². The number of hydrogen-bond donors (Lipinski definition) is 3. The molecule has 4 nitrogen and oxygen atoms in total. The summed E-state index contributed by atoms with van der Waals surface area (Å²) in [6.07, 6.45) is 2.60. The Morgan fingerprint density at radius 2 is 2.20 bits per heavy atom. The van der Waals surface area contributed by atoms with Gasteiger partial charge >= 0.3 is 5.97 Å². The van der Waals surface area contributed by atoms with Gasteiger partial charge < -0.3 is 15.4 Å². The van der Waals surface area contributed by atoms with Crippen molar-refractivity contribution in [2.75, 3.05) is 6.54 Å². The van der Waals surface area contributed by atoms with Gasteiger partial charge in [0, 0.05) is 29.7 Å². The second-order valence-corrected chi connectivity index (χ2v) is 5.26. The minimum atomic E-state index is -0.807. The molecule has 3 N–H and O–H groups in total. The molecule has 2 atom stereocenters. The smallest absolute Gasteiger partial charge is 0.307 e. The summed E-state index contributed by atoms with van der Waals surface area (Å²) in [6.45, 7) is 4.09. The topological polar surface area (TPSA) is 65.1 Å². The van der Waals surface area contributed by atoms with Crippen LogP contribution in [-0.2, 0) is 11.2 Å². The molecule has 0 aliphatic carbocycles. The van der Waals surface area contributed by atoms with E-state index in [4.69, 9.17) is 5.11 Å². The van der Waals surface area contributed by atoms with Crippen molar-refractivity contribution in [1.29, 1.82) is 0 Å². The number of aromatic nitrogens is 1. The van der Waals surface area contributed by atoms with Crippen molar-refractivity contribution in [3.8, 4) is 0 Å². The molecule has 108 valence electrons. The molecule has 0 aliphatic heterocycles. The molecule has 2 unspecified atom stereocenters. The summed E-state index contributed by atoms with van der Waals surface area (Å²) in [5, 5.41) is 12.9. The van der Waals surface area contributed by atoms with E-state index in [9.17, 15) is 9.18 Å². The number of carboxylic acid groups (broad SMARTS) is 1. The third-order valence-electron chi connectivity index (χ3n) is 3.45. The van der Waals surface area contributed by atoms with Crippen LogP contribution in [-0.4, -0.2) is 28.6 Å². The van der Waals surface area contributed by atoms with Crippen LogP contribution >= 0.6 is 0 Å². The monoisotopic (exact) mass is 278 g/mol. The Balaban J connectivity index is 2.01. The van der Waals surface area contributed by atoms with Crippen LogP contribution in [0.5, 0.6) is 0 Å². The highest BCUT2D eigenvalue weighted by Crippen LogP contribution is 2.20. The molecule has 2 rings (SSSR count). The zero-order valence-corrected chi connectivity index (χ0v) is 11.6. The van der Waals surface area contributed by atoms with Gasteiger partial charge in [-0.2, -0.15) is 0 Å². The fourth-order valence-corrected chi connectivity index (χ4v) is 2.19. The summed E-state index contributed by atoms with van der Waals surface area (Å²) < 4.78 is 13.3. The number of carboxylic acids is 1. The standard InChI is InChI=1S/C15H19FN2O2/c1-9(15(19)20)7-17-10(2)5-11-8-18-14-4-3-12(16)6-13(11)14/h3-4,6,8-10,17-18H,5,7H2,1-2H3,(H,19,20). The van der Waals surface area contributed by atoms with E-state index < -0.39 is 11.9 Å². The number of nitrogens with one attached hydrogen (secondary N) is 2. The molecule has 20 heavy (non-hydrogen) atoms. The lowest BCUT2D eigenvalue weighted by atomic mass is 10.1. The summed E-state index contributed by atoms with van der Waals surface area (Å²) in [6, 6.07) is 4.80. The molecular formula is C15H19FN2O2. The lowest BCUT2D eigenvalue weighted by Gasteiger charge is -2.15. The number of fused-ring (bicyclic) bond motifs is 1. The number of rotatable bonds is 6. The van der Waals surface area contributed by atoms with Crippen molar-refractivity contribution in [1.82, 2.24) is 10.3 Å². The highest BCUT2D eigenvalue weighted by molar-refractivity contribution is 5.83. The zero-order valence-electron chi connectivity index (χ0n) is 11.6. The zero-order chi connectivity index (χ0) is 14.7. The molecule has 0 radical (unpaired) electrons. The number of halogens is 1. The van der Waals surface area contributed by atoms with E-state index in [-0.39, 0.29) is 11.9 Å². The van der Waals surface area contributed by atoms with Crippen LogP contribution in [0.3, 0.4) is 0 Å². The van der Waals surface area contributed by atoms with Gasteiger partial charge in [0.2, 0.25) is 0 Å². The molecular weight excluding hydrogens is 259 g/mol. The number of aliphatic carboxylic acids is 1. The van der Waals surface area contributed by atoms with Gasteiger partial charge in [-0.15, -0.1) is 0 Å². The fourth-order valence-electron chi connectivity index (χ4n) is 2.19. The number of hydrogen-bond acceptors (Lipinski definition) is 2. The average Bonchev–Trinajstić information content (AvgIpc) is 2.78. The van der Waals surface area contributed by atoms with Gasteiger partial charge in [-0.05, 0) is 37.1 Å². The van der Waals surface area contributed by atoms with Gasteiger partial charge in [0.1, 0.15) is 5.82 Å². The molecule has 0 bridgehead atoms. The Morgan fingerprint density at radius 1 is 1.45 bits per heavy atom. The van der Waals surface area contributed by atoms with Crippen LogP contribution in [0.1, 0.15) is 19.4 Å². The van der Waals surface area contributed by atoms with Crippen molar-refractivity contribution in [2.45, 2.75) is 26.3 Å². The van der Waals surface area contributed by atoms with Crippen LogP contribution < -0.4 is 5.32 Å². The maximum atomic E-state index is 13.3. The number of H-pyrrole nitrogens is 1. The molecule has 1 heterocycles. The second kappa shape index (κ2) is 6.05. The Kier molecular flexibility index (Phi) is 4.39. The van der Waals surface area contributed by atoms with Crippen LogP contribution in [0.2, 0.25) is 0 Å².